The van der Waals surface area contributed by atoms with Crippen molar-refractivity contribution in [1.29, 1.82) is 0 Å². The van der Waals surface area contributed by atoms with Gasteiger partial charge in [0.2, 0.25) is 0 Å². The van der Waals surface area contributed by atoms with Crippen molar-refractivity contribution < 1.29 is 4.79 Å². The molecule has 0 heterocycles. The Morgan fingerprint density at radius 2 is 1.75 bits per heavy atom. The smallest absolute Gasteiger partial charge is 0.159 e. The van der Waals surface area contributed by atoms with Gasteiger partial charge in [0.15, 0.2) is 5.78 Å². The number of ketones is 1. The molecule has 1 nitrogen and oxygen atoms in total. The van der Waals surface area contributed by atoms with Gasteiger partial charge in [0.05, 0.1) is 0 Å². The summed E-state index contributed by atoms with van der Waals surface area (Å²) >= 11 is 0. The van der Waals surface area contributed by atoms with Crippen molar-refractivity contribution in [2.45, 2.75) is 39.5 Å². The number of carbonyl (C=O) groups is 1. The first-order valence-electron chi connectivity index (χ1n) is 5.68. The maximum Gasteiger partial charge on any atom is 0.159 e. The van der Waals surface area contributed by atoms with Gasteiger partial charge in [0.25, 0.3) is 0 Å². The third-order valence-electron chi connectivity index (χ3n) is 2.55. The molecule has 16 heavy (non-hydrogen) atoms. The number of carbonyl (C=O) groups excluding carboxylic acids is 1. The molecule has 0 aliphatic rings. The van der Waals surface area contributed by atoms with Crippen molar-refractivity contribution in [3.63, 3.8) is 0 Å². The summed E-state index contributed by atoms with van der Waals surface area (Å²) in [5, 5.41) is 0. The van der Waals surface area contributed by atoms with E-state index in [-0.39, 0.29) is 11.2 Å². The molecular formula is C15H20O. The average Bonchev–Trinajstić information content (AvgIpc) is 2.17. The number of hydrogen-bond donors (Lipinski definition) is 0. The van der Waals surface area contributed by atoms with Crippen LogP contribution in [0.15, 0.2) is 36.4 Å². The summed E-state index contributed by atoms with van der Waals surface area (Å²) in [6.07, 6.45) is 3.90. The highest BCUT2D eigenvalue weighted by molar-refractivity contribution is 5.91. The number of allylic oxidation sites excluding steroid dienone is 2. The van der Waals surface area contributed by atoms with Crippen LogP contribution in [0.2, 0.25) is 0 Å². The molecule has 0 spiro atoms. The molecule has 0 saturated carbocycles. The summed E-state index contributed by atoms with van der Waals surface area (Å²) in [6.45, 7) is 8.42. The van der Waals surface area contributed by atoms with Gasteiger partial charge in [-0.05, 0) is 29.5 Å². The predicted octanol–water partition coefficient (Wildman–Crippen LogP) is 3.67. The van der Waals surface area contributed by atoms with Crippen molar-refractivity contribution in [1.82, 2.24) is 0 Å². The van der Waals surface area contributed by atoms with Crippen LogP contribution >= 0.6 is 0 Å². The third-order valence-corrected chi connectivity index (χ3v) is 2.55. The topological polar surface area (TPSA) is 17.1 Å². The minimum atomic E-state index is 0.158. The van der Waals surface area contributed by atoms with Gasteiger partial charge in [-0.15, -0.1) is 0 Å². The van der Waals surface area contributed by atoms with Gasteiger partial charge in [-0.1, -0.05) is 51.1 Å². The molecular weight excluding hydrogens is 196 g/mol. The molecule has 0 unspecified atom stereocenters. The lowest BCUT2D eigenvalue weighted by atomic mass is 9.86. The Labute approximate surface area is 98.2 Å². The minimum absolute atomic E-state index is 0.158. The lowest BCUT2D eigenvalue weighted by Crippen LogP contribution is -2.11. The van der Waals surface area contributed by atoms with Crippen LogP contribution in [0.3, 0.4) is 0 Å². The van der Waals surface area contributed by atoms with Crippen molar-refractivity contribution in [3.8, 4) is 0 Å². The third kappa shape index (κ3) is 3.65. The maximum absolute atomic E-state index is 11.4. The molecule has 0 aliphatic carbocycles. The second-order valence-electron chi connectivity index (χ2n) is 5.09. The number of benzene rings is 1. The molecule has 0 aromatic heterocycles. The Kier molecular flexibility index (Phi) is 4.05. The Morgan fingerprint density at radius 3 is 2.19 bits per heavy atom. The lowest BCUT2D eigenvalue weighted by Gasteiger charge is -2.19. The summed E-state index contributed by atoms with van der Waals surface area (Å²) in [6, 6.07) is 8.31. The fourth-order valence-corrected chi connectivity index (χ4v) is 1.57. The Bertz CT molecular complexity index is 377. The van der Waals surface area contributed by atoms with Gasteiger partial charge in [0, 0.05) is 6.42 Å². The molecule has 1 aromatic rings. The van der Waals surface area contributed by atoms with Crippen LogP contribution in [-0.2, 0) is 16.6 Å². The molecule has 0 aliphatic heterocycles. The van der Waals surface area contributed by atoms with E-state index >= 15 is 0 Å². The largest absolute Gasteiger partial charge is 0.294 e. The highest BCUT2D eigenvalue weighted by Crippen LogP contribution is 2.22. The molecule has 0 amide bonds. The second-order valence-corrected chi connectivity index (χ2v) is 5.09. The van der Waals surface area contributed by atoms with Crippen molar-refractivity contribution in [2.75, 3.05) is 0 Å². The summed E-state index contributed by atoms with van der Waals surface area (Å²) in [4.78, 5) is 11.4. The molecule has 0 radical (unpaired) electrons. The number of rotatable bonds is 3. The van der Waals surface area contributed by atoms with Crippen LogP contribution in [0.1, 0.15) is 38.8 Å². The van der Waals surface area contributed by atoms with Gasteiger partial charge in [-0.25, -0.2) is 0 Å². The van der Waals surface area contributed by atoms with E-state index in [1.165, 1.54) is 5.56 Å². The monoisotopic (exact) mass is 216 g/mol. The molecule has 0 fully saturated rings. The Hall–Kier alpha value is -1.37. The summed E-state index contributed by atoms with van der Waals surface area (Å²) in [7, 11) is 0. The van der Waals surface area contributed by atoms with Gasteiger partial charge in [-0.2, -0.15) is 0 Å². The lowest BCUT2D eigenvalue weighted by molar-refractivity contribution is -0.114. The van der Waals surface area contributed by atoms with Crippen LogP contribution in [-0.4, -0.2) is 5.78 Å². The predicted molar refractivity (Wildman–Crippen MR) is 68.7 cm³/mol. The van der Waals surface area contributed by atoms with E-state index in [1.807, 2.05) is 19.1 Å². The normalized spacial score (nSPS) is 12.0. The van der Waals surface area contributed by atoms with Crippen LogP contribution in [0.4, 0.5) is 0 Å². The fraction of sp³-hybridized carbons (Fsp3) is 0.400. The van der Waals surface area contributed by atoms with E-state index in [0.717, 1.165) is 5.56 Å². The quantitative estimate of drug-likeness (QED) is 0.704. The van der Waals surface area contributed by atoms with Gasteiger partial charge < -0.3 is 0 Å². The van der Waals surface area contributed by atoms with Crippen molar-refractivity contribution in [2.24, 2.45) is 0 Å². The molecule has 1 rings (SSSR count). The first-order valence-corrected chi connectivity index (χ1v) is 5.68. The van der Waals surface area contributed by atoms with E-state index in [4.69, 9.17) is 0 Å². The minimum Gasteiger partial charge on any atom is -0.294 e. The van der Waals surface area contributed by atoms with E-state index in [1.54, 1.807) is 12.2 Å². The zero-order valence-corrected chi connectivity index (χ0v) is 10.6. The van der Waals surface area contributed by atoms with Crippen LogP contribution < -0.4 is 0 Å². The van der Waals surface area contributed by atoms with E-state index in [0.29, 0.717) is 6.42 Å². The van der Waals surface area contributed by atoms with E-state index in [2.05, 4.69) is 32.9 Å². The van der Waals surface area contributed by atoms with Crippen LogP contribution in [0, 0.1) is 0 Å². The number of hydrogen-bond acceptors (Lipinski definition) is 1. The highest BCUT2D eigenvalue weighted by Gasteiger charge is 2.12. The first kappa shape index (κ1) is 12.7. The standard InChI is InChI=1S/C15H20O/c1-5-6-14(16)11-12-7-9-13(10-8-12)15(2,3)4/h5-10H,11H2,1-4H3/b6-5+. The van der Waals surface area contributed by atoms with Crippen molar-refractivity contribution in [3.05, 3.63) is 47.5 Å². The summed E-state index contributed by atoms with van der Waals surface area (Å²) in [5.41, 5.74) is 2.55. The van der Waals surface area contributed by atoms with Crippen LogP contribution in [0.5, 0.6) is 0 Å². The second kappa shape index (κ2) is 5.11. The summed E-state index contributed by atoms with van der Waals surface area (Å²) in [5.74, 6) is 0.158. The molecule has 0 atom stereocenters. The average molecular weight is 216 g/mol. The van der Waals surface area contributed by atoms with Gasteiger partial charge in [-0.3, -0.25) is 4.79 Å². The molecule has 0 bridgehead atoms. The zero-order chi connectivity index (χ0) is 12.2. The SMILES string of the molecule is C/C=C/C(=O)Cc1ccc(C(C)(C)C)cc1. The molecule has 1 heteroatoms. The van der Waals surface area contributed by atoms with Crippen LogP contribution in [0.25, 0.3) is 0 Å². The zero-order valence-electron chi connectivity index (χ0n) is 10.6. The van der Waals surface area contributed by atoms with E-state index in [9.17, 15) is 4.79 Å². The van der Waals surface area contributed by atoms with E-state index < -0.39 is 0 Å². The first-order chi connectivity index (χ1) is 7.43. The highest BCUT2D eigenvalue weighted by atomic mass is 16.1. The molecule has 0 saturated heterocycles. The molecule has 86 valence electrons. The fourth-order valence-electron chi connectivity index (χ4n) is 1.57. The Morgan fingerprint density at radius 1 is 1.19 bits per heavy atom. The van der Waals surface area contributed by atoms with Gasteiger partial charge in [0.1, 0.15) is 0 Å². The van der Waals surface area contributed by atoms with Gasteiger partial charge >= 0.3 is 0 Å². The molecule has 0 N–H and O–H groups in total. The Balaban J connectivity index is 2.76. The summed E-state index contributed by atoms with van der Waals surface area (Å²) < 4.78 is 0. The maximum atomic E-state index is 11.4. The van der Waals surface area contributed by atoms with Crippen molar-refractivity contribution >= 4 is 5.78 Å². The molecule has 1 aromatic carbocycles.